The van der Waals surface area contributed by atoms with Gasteiger partial charge in [-0.1, -0.05) is 12.1 Å². The molecule has 3 rings (SSSR count). The molecule has 0 bridgehead atoms. The van der Waals surface area contributed by atoms with Crippen LogP contribution in [-0.2, 0) is 14.4 Å². The van der Waals surface area contributed by atoms with Crippen molar-refractivity contribution in [3.8, 4) is 0 Å². The van der Waals surface area contributed by atoms with Crippen LogP contribution < -0.4 is 16.0 Å². The molecule has 2 aliphatic rings. The van der Waals surface area contributed by atoms with Crippen LogP contribution in [0.4, 0.5) is 11.4 Å². The number of hydrogen-bond acceptors (Lipinski definition) is 4. The lowest BCUT2D eigenvalue weighted by molar-refractivity contribution is -0.136. The molecule has 26 heavy (non-hydrogen) atoms. The standard InChI is InChI=1S/C18H24N4O3.ClH/c19-11-13-5-3-4-10-21(13)17(24)8-9-18(25)22-12-16(23)20-14-6-1-2-7-15(14)22;/h1-2,6-7,13H,3-5,8-12,19H2,(H,20,23);1H. The summed E-state index contributed by atoms with van der Waals surface area (Å²) in [6, 6.07) is 7.26. The molecule has 7 nitrogen and oxygen atoms in total. The highest BCUT2D eigenvalue weighted by Gasteiger charge is 2.29. The van der Waals surface area contributed by atoms with Gasteiger partial charge < -0.3 is 20.9 Å². The molecule has 1 aromatic rings. The van der Waals surface area contributed by atoms with Crippen LogP contribution in [0.3, 0.4) is 0 Å². The highest BCUT2D eigenvalue weighted by Crippen LogP contribution is 2.29. The number of benzene rings is 1. The Bertz CT molecular complexity index is 682. The molecule has 3 N–H and O–H groups in total. The summed E-state index contributed by atoms with van der Waals surface area (Å²) in [5.41, 5.74) is 7.06. The van der Waals surface area contributed by atoms with Crippen molar-refractivity contribution in [3.05, 3.63) is 24.3 Å². The van der Waals surface area contributed by atoms with Gasteiger partial charge in [0.25, 0.3) is 0 Å². The second kappa shape index (κ2) is 9.00. The van der Waals surface area contributed by atoms with Crippen molar-refractivity contribution in [2.75, 3.05) is 29.9 Å². The highest BCUT2D eigenvalue weighted by atomic mass is 35.5. The van der Waals surface area contributed by atoms with Gasteiger partial charge in [0.05, 0.1) is 11.4 Å². The molecule has 142 valence electrons. The third-order valence-corrected chi connectivity index (χ3v) is 4.84. The summed E-state index contributed by atoms with van der Waals surface area (Å²) in [5, 5.41) is 2.75. The largest absolute Gasteiger partial charge is 0.338 e. The molecule has 0 radical (unpaired) electrons. The van der Waals surface area contributed by atoms with Gasteiger partial charge in [0.1, 0.15) is 6.54 Å². The van der Waals surface area contributed by atoms with E-state index in [4.69, 9.17) is 5.73 Å². The number of fused-ring (bicyclic) bond motifs is 1. The van der Waals surface area contributed by atoms with E-state index in [0.717, 1.165) is 19.3 Å². The van der Waals surface area contributed by atoms with Gasteiger partial charge in [0, 0.05) is 32.0 Å². The molecule has 0 aromatic heterocycles. The molecular weight excluding hydrogens is 356 g/mol. The summed E-state index contributed by atoms with van der Waals surface area (Å²) in [6.45, 7) is 1.16. The first-order valence-electron chi connectivity index (χ1n) is 8.79. The van der Waals surface area contributed by atoms with E-state index in [1.165, 1.54) is 4.90 Å². The Morgan fingerprint density at radius 1 is 1.15 bits per heavy atom. The second-order valence-electron chi connectivity index (χ2n) is 6.52. The van der Waals surface area contributed by atoms with E-state index in [9.17, 15) is 14.4 Å². The number of carbonyl (C=O) groups is 3. The third-order valence-electron chi connectivity index (χ3n) is 4.84. The SMILES string of the molecule is Cl.NCC1CCCCN1C(=O)CCC(=O)N1CC(=O)Nc2ccccc21. The molecule has 3 amide bonds. The molecule has 1 atom stereocenters. The van der Waals surface area contributed by atoms with Crippen molar-refractivity contribution in [1.29, 1.82) is 0 Å². The third kappa shape index (κ3) is 4.34. The van der Waals surface area contributed by atoms with Crippen molar-refractivity contribution in [2.45, 2.75) is 38.1 Å². The van der Waals surface area contributed by atoms with Gasteiger partial charge in [0.15, 0.2) is 0 Å². The van der Waals surface area contributed by atoms with Gasteiger partial charge in [0.2, 0.25) is 17.7 Å². The number of nitrogens with one attached hydrogen (secondary N) is 1. The first-order valence-corrected chi connectivity index (χ1v) is 8.79. The van der Waals surface area contributed by atoms with Crippen LogP contribution in [0.25, 0.3) is 0 Å². The van der Waals surface area contributed by atoms with Crippen LogP contribution in [0, 0.1) is 0 Å². The normalized spacial score (nSPS) is 19.3. The van der Waals surface area contributed by atoms with E-state index in [2.05, 4.69) is 5.32 Å². The highest BCUT2D eigenvalue weighted by molar-refractivity contribution is 6.10. The van der Waals surface area contributed by atoms with Gasteiger partial charge in [-0.05, 0) is 31.4 Å². The number of piperidine rings is 1. The topological polar surface area (TPSA) is 95.7 Å². The molecule has 0 saturated carbocycles. The van der Waals surface area contributed by atoms with Crippen LogP contribution in [-0.4, -0.2) is 48.3 Å². The summed E-state index contributed by atoms with van der Waals surface area (Å²) in [6.07, 6.45) is 3.24. The lowest BCUT2D eigenvalue weighted by Gasteiger charge is -2.35. The monoisotopic (exact) mass is 380 g/mol. The molecule has 1 aromatic carbocycles. The Morgan fingerprint density at radius 2 is 1.88 bits per heavy atom. The van der Waals surface area contributed by atoms with E-state index >= 15 is 0 Å². The number of para-hydroxylation sites is 2. The number of amides is 3. The van der Waals surface area contributed by atoms with Crippen molar-refractivity contribution in [1.82, 2.24) is 4.90 Å². The fourth-order valence-corrected chi connectivity index (χ4v) is 3.52. The number of anilines is 2. The fourth-order valence-electron chi connectivity index (χ4n) is 3.52. The van der Waals surface area contributed by atoms with Gasteiger partial charge in [-0.15, -0.1) is 12.4 Å². The van der Waals surface area contributed by atoms with Crippen molar-refractivity contribution < 1.29 is 14.4 Å². The summed E-state index contributed by atoms with van der Waals surface area (Å²) in [5.74, 6) is -0.465. The maximum atomic E-state index is 12.6. The number of halogens is 1. The summed E-state index contributed by atoms with van der Waals surface area (Å²) in [7, 11) is 0. The lowest BCUT2D eigenvalue weighted by Crippen LogP contribution is -2.48. The first-order chi connectivity index (χ1) is 12.1. The molecule has 2 heterocycles. The average Bonchev–Trinajstić information content (AvgIpc) is 2.65. The maximum absolute atomic E-state index is 12.6. The van der Waals surface area contributed by atoms with Gasteiger partial charge >= 0.3 is 0 Å². The lowest BCUT2D eigenvalue weighted by atomic mass is 10.0. The number of nitrogens with two attached hydrogens (primary N) is 1. The number of nitrogens with zero attached hydrogens (tertiary/aromatic N) is 2. The zero-order valence-corrected chi connectivity index (χ0v) is 15.5. The molecule has 8 heteroatoms. The van der Waals surface area contributed by atoms with Gasteiger partial charge in [-0.3, -0.25) is 14.4 Å². The minimum Gasteiger partial charge on any atom is -0.338 e. The smallest absolute Gasteiger partial charge is 0.244 e. The Morgan fingerprint density at radius 3 is 2.65 bits per heavy atom. The van der Waals surface area contributed by atoms with Crippen molar-refractivity contribution >= 4 is 41.5 Å². The van der Waals surface area contributed by atoms with Crippen LogP contribution >= 0.6 is 12.4 Å². The van der Waals surface area contributed by atoms with Crippen LogP contribution in [0.5, 0.6) is 0 Å². The fraction of sp³-hybridized carbons (Fsp3) is 0.500. The van der Waals surface area contributed by atoms with Crippen LogP contribution in [0.15, 0.2) is 24.3 Å². The van der Waals surface area contributed by atoms with Crippen LogP contribution in [0.1, 0.15) is 32.1 Å². The first kappa shape index (κ1) is 20.2. The zero-order chi connectivity index (χ0) is 17.8. The quantitative estimate of drug-likeness (QED) is 0.827. The van der Waals surface area contributed by atoms with Crippen molar-refractivity contribution in [2.24, 2.45) is 5.73 Å². The van der Waals surface area contributed by atoms with Crippen LogP contribution in [0.2, 0.25) is 0 Å². The summed E-state index contributed by atoms with van der Waals surface area (Å²) < 4.78 is 0. The Balaban J connectivity index is 0.00000243. The molecule has 2 aliphatic heterocycles. The van der Waals surface area contributed by atoms with E-state index in [0.29, 0.717) is 24.5 Å². The number of carbonyl (C=O) groups excluding carboxylic acids is 3. The minimum absolute atomic E-state index is 0. The number of rotatable bonds is 4. The van der Waals surface area contributed by atoms with Gasteiger partial charge in [-0.2, -0.15) is 0 Å². The molecule has 0 aliphatic carbocycles. The Labute approximate surface area is 159 Å². The van der Waals surface area contributed by atoms with E-state index < -0.39 is 0 Å². The Hall–Kier alpha value is -2.12. The Kier molecular flexibility index (Phi) is 6.99. The molecular formula is C18H25ClN4O3. The van der Waals surface area contributed by atoms with E-state index in [-0.39, 0.29) is 55.6 Å². The van der Waals surface area contributed by atoms with Gasteiger partial charge in [-0.25, -0.2) is 0 Å². The number of hydrogen-bond donors (Lipinski definition) is 2. The second-order valence-corrected chi connectivity index (χ2v) is 6.52. The molecule has 1 fully saturated rings. The van der Waals surface area contributed by atoms with Crippen molar-refractivity contribution in [3.63, 3.8) is 0 Å². The molecule has 0 spiro atoms. The van der Waals surface area contributed by atoms with E-state index in [1.54, 1.807) is 18.2 Å². The predicted molar refractivity (Wildman–Crippen MR) is 102 cm³/mol. The molecule has 1 saturated heterocycles. The average molecular weight is 381 g/mol. The predicted octanol–water partition coefficient (Wildman–Crippen LogP) is 1.51. The zero-order valence-electron chi connectivity index (χ0n) is 14.6. The van der Waals surface area contributed by atoms with E-state index in [1.807, 2.05) is 11.0 Å². The summed E-state index contributed by atoms with van der Waals surface area (Å²) >= 11 is 0. The molecule has 1 unspecified atom stereocenters. The maximum Gasteiger partial charge on any atom is 0.244 e. The summed E-state index contributed by atoms with van der Waals surface area (Å²) in [4.78, 5) is 40.2. The minimum atomic E-state index is -0.224. The number of likely N-dealkylation sites (tertiary alicyclic amines) is 1.